The van der Waals surface area contributed by atoms with Crippen molar-refractivity contribution >= 4 is 39.1 Å². The Labute approximate surface area is 218 Å². The zero-order chi connectivity index (χ0) is 25.9. The first-order valence-corrected chi connectivity index (χ1v) is 12.5. The highest BCUT2D eigenvalue weighted by Gasteiger charge is 2.25. The summed E-state index contributed by atoms with van der Waals surface area (Å²) < 4.78 is 10.4. The number of anilines is 1. The Hall–Kier alpha value is -4.49. The minimum atomic E-state index is -0.509. The van der Waals surface area contributed by atoms with Crippen LogP contribution in [0.5, 0.6) is 5.75 Å². The molecule has 1 N–H and O–H groups in total. The predicted octanol–water partition coefficient (Wildman–Crippen LogP) is 6.99. The molecule has 0 spiro atoms. The molecule has 5 rings (SSSR count). The molecule has 3 aromatic carbocycles. The smallest absolute Gasteiger partial charge is 0.341 e. The van der Waals surface area contributed by atoms with Crippen LogP contribution >= 0.6 is 11.3 Å². The number of hydrogen-bond acceptors (Lipinski definition) is 6. The fourth-order valence-corrected chi connectivity index (χ4v) is 5.33. The first-order chi connectivity index (χ1) is 18.0. The van der Waals surface area contributed by atoms with Crippen molar-refractivity contribution < 1.29 is 19.1 Å². The summed E-state index contributed by atoms with van der Waals surface area (Å²) in [5.41, 5.74) is 5.43. The number of pyridine rings is 1. The normalized spacial score (nSPS) is 10.8. The summed E-state index contributed by atoms with van der Waals surface area (Å²) >= 11 is 1.29. The summed E-state index contributed by atoms with van der Waals surface area (Å²) in [6.45, 7) is 1.89. The molecule has 0 aliphatic carbocycles. The summed E-state index contributed by atoms with van der Waals surface area (Å²) in [4.78, 5) is 31.5. The Morgan fingerprint density at radius 1 is 0.838 bits per heavy atom. The van der Waals surface area contributed by atoms with E-state index in [0.29, 0.717) is 32.9 Å². The highest BCUT2D eigenvalue weighted by atomic mass is 32.1. The lowest BCUT2D eigenvalue weighted by molar-refractivity contribution is 0.0603. The van der Waals surface area contributed by atoms with E-state index in [1.54, 1.807) is 7.11 Å². The number of nitrogens with one attached hydrogen (secondary N) is 1. The lowest BCUT2D eigenvalue weighted by Gasteiger charge is -2.15. The highest BCUT2D eigenvalue weighted by Crippen LogP contribution is 2.37. The standard InChI is InChI=1S/C30H24N2O4S/c1-18-25(22-11-7-8-12-24(22)31-27(18)20-13-15-21(35-2)16-14-20)28(33)32-29-26(30(34)36-3)23(17-37-29)19-9-5-4-6-10-19/h4-17H,1-3H3,(H,32,33). The first-order valence-electron chi connectivity index (χ1n) is 11.6. The van der Waals surface area contributed by atoms with E-state index in [9.17, 15) is 9.59 Å². The van der Waals surface area contributed by atoms with Crippen LogP contribution in [0.1, 0.15) is 26.3 Å². The van der Waals surface area contributed by atoms with E-state index in [0.717, 1.165) is 27.8 Å². The third kappa shape index (κ3) is 4.57. The van der Waals surface area contributed by atoms with Crippen LogP contribution in [0.15, 0.2) is 84.2 Å². The van der Waals surface area contributed by atoms with Crippen molar-refractivity contribution in [1.29, 1.82) is 0 Å². The van der Waals surface area contributed by atoms with Crippen LogP contribution in [-0.2, 0) is 4.74 Å². The fraction of sp³-hybridized carbons (Fsp3) is 0.100. The van der Waals surface area contributed by atoms with E-state index in [-0.39, 0.29) is 5.91 Å². The number of rotatable bonds is 6. The number of carbonyl (C=O) groups is 2. The van der Waals surface area contributed by atoms with E-state index >= 15 is 0 Å². The van der Waals surface area contributed by atoms with Crippen LogP contribution in [0.2, 0.25) is 0 Å². The maximum Gasteiger partial charge on any atom is 0.341 e. The van der Waals surface area contributed by atoms with Gasteiger partial charge in [0.05, 0.1) is 31.0 Å². The van der Waals surface area contributed by atoms with Crippen LogP contribution in [0.25, 0.3) is 33.3 Å². The molecule has 0 atom stereocenters. The van der Waals surface area contributed by atoms with Gasteiger partial charge in [-0.05, 0) is 48.4 Å². The van der Waals surface area contributed by atoms with Crippen molar-refractivity contribution in [2.45, 2.75) is 6.92 Å². The Morgan fingerprint density at radius 2 is 1.54 bits per heavy atom. The SMILES string of the molecule is COC(=O)c1c(-c2ccccc2)csc1NC(=O)c1c(C)c(-c2ccc(OC)cc2)nc2ccccc12. The number of fused-ring (bicyclic) bond motifs is 1. The van der Waals surface area contributed by atoms with Gasteiger partial charge in [-0.25, -0.2) is 9.78 Å². The number of ether oxygens (including phenoxy) is 2. The molecule has 1 amide bonds. The van der Waals surface area contributed by atoms with E-state index in [1.807, 2.05) is 91.2 Å². The molecule has 0 aliphatic rings. The second-order valence-electron chi connectivity index (χ2n) is 8.37. The molecule has 0 bridgehead atoms. The molecular formula is C30H24N2O4S. The summed E-state index contributed by atoms with van der Waals surface area (Å²) in [5.74, 6) is -0.0921. The number of aromatic nitrogens is 1. The van der Waals surface area contributed by atoms with E-state index < -0.39 is 5.97 Å². The fourth-order valence-electron chi connectivity index (χ4n) is 4.38. The summed E-state index contributed by atoms with van der Waals surface area (Å²) in [7, 11) is 2.95. The number of amides is 1. The van der Waals surface area contributed by atoms with Crippen LogP contribution in [0, 0.1) is 6.92 Å². The van der Waals surface area contributed by atoms with Crippen LogP contribution in [0.4, 0.5) is 5.00 Å². The number of carbonyl (C=O) groups excluding carboxylic acids is 2. The number of benzene rings is 3. The largest absolute Gasteiger partial charge is 0.497 e. The van der Waals surface area contributed by atoms with Crippen molar-refractivity contribution in [2.75, 3.05) is 19.5 Å². The second-order valence-corrected chi connectivity index (χ2v) is 9.25. The van der Waals surface area contributed by atoms with Gasteiger partial charge >= 0.3 is 5.97 Å². The third-order valence-electron chi connectivity index (χ3n) is 6.22. The second kappa shape index (κ2) is 10.2. The van der Waals surface area contributed by atoms with Gasteiger partial charge in [-0.2, -0.15) is 0 Å². The average Bonchev–Trinajstić information content (AvgIpc) is 3.36. The van der Waals surface area contributed by atoms with E-state index in [1.165, 1.54) is 18.4 Å². The minimum Gasteiger partial charge on any atom is -0.497 e. The average molecular weight is 509 g/mol. The molecule has 2 aromatic heterocycles. The van der Waals surface area contributed by atoms with Crippen molar-refractivity contribution in [3.05, 3.63) is 101 Å². The van der Waals surface area contributed by atoms with E-state index in [2.05, 4.69) is 5.32 Å². The zero-order valence-corrected chi connectivity index (χ0v) is 21.4. The molecule has 5 aromatic rings. The molecule has 6 nitrogen and oxygen atoms in total. The number of hydrogen-bond donors (Lipinski definition) is 1. The highest BCUT2D eigenvalue weighted by molar-refractivity contribution is 7.15. The molecule has 0 unspecified atom stereocenters. The number of nitrogens with zero attached hydrogens (tertiary/aromatic N) is 1. The van der Waals surface area contributed by atoms with Crippen LogP contribution in [-0.4, -0.2) is 31.1 Å². The van der Waals surface area contributed by atoms with Crippen molar-refractivity contribution in [2.24, 2.45) is 0 Å². The van der Waals surface area contributed by atoms with E-state index in [4.69, 9.17) is 14.5 Å². The topological polar surface area (TPSA) is 77.5 Å². The summed E-state index contributed by atoms with van der Waals surface area (Å²) in [6.07, 6.45) is 0. The van der Waals surface area contributed by atoms with Gasteiger partial charge in [0.15, 0.2) is 0 Å². The number of esters is 1. The molecule has 0 saturated carbocycles. The van der Waals surface area contributed by atoms with Crippen LogP contribution < -0.4 is 10.1 Å². The lowest BCUT2D eigenvalue weighted by Crippen LogP contribution is -2.17. The molecule has 2 heterocycles. The van der Waals surface area contributed by atoms with Crippen molar-refractivity contribution in [3.63, 3.8) is 0 Å². The molecular weight excluding hydrogens is 484 g/mol. The van der Waals surface area contributed by atoms with Gasteiger partial charge < -0.3 is 14.8 Å². The van der Waals surface area contributed by atoms with Gasteiger partial charge in [0.1, 0.15) is 16.3 Å². The Balaban J connectivity index is 1.61. The number of thiophene rings is 1. The molecule has 0 aliphatic heterocycles. The van der Waals surface area contributed by atoms with Gasteiger partial charge in [-0.1, -0.05) is 48.5 Å². The lowest BCUT2D eigenvalue weighted by atomic mass is 9.97. The number of methoxy groups -OCH3 is 2. The quantitative estimate of drug-likeness (QED) is 0.250. The van der Waals surface area contributed by atoms with Gasteiger partial charge in [-0.15, -0.1) is 11.3 Å². The first kappa shape index (κ1) is 24.2. The maximum absolute atomic E-state index is 13.8. The monoisotopic (exact) mass is 508 g/mol. The third-order valence-corrected chi connectivity index (χ3v) is 7.11. The summed E-state index contributed by atoms with van der Waals surface area (Å²) in [5, 5.41) is 6.01. The van der Waals surface area contributed by atoms with Crippen molar-refractivity contribution in [3.8, 4) is 28.1 Å². The molecule has 184 valence electrons. The molecule has 0 saturated heterocycles. The molecule has 0 radical (unpaired) electrons. The van der Waals surface area contributed by atoms with Gasteiger partial charge in [0.2, 0.25) is 0 Å². The van der Waals surface area contributed by atoms with Crippen LogP contribution in [0.3, 0.4) is 0 Å². The molecule has 0 fully saturated rings. The van der Waals surface area contributed by atoms with Crippen molar-refractivity contribution in [1.82, 2.24) is 4.98 Å². The summed E-state index contributed by atoms with van der Waals surface area (Å²) in [6, 6.07) is 24.7. The number of para-hydroxylation sites is 1. The Morgan fingerprint density at radius 3 is 2.24 bits per heavy atom. The van der Waals surface area contributed by atoms with Gasteiger partial charge in [0, 0.05) is 21.9 Å². The Bertz CT molecular complexity index is 1610. The molecule has 7 heteroatoms. The van der Waals surface area contributed by atoms with Gasteiger partial charge in [0.25, 0.3) is 5.91 Å². The predicted molar refractivity (Wildman–Crippen MR) is 148 cm³/mol. The zero-order valence-electron chi connectivity index (χ0n) is 20.6. The Kier molecular flexibility index (Phi) is 6.70. The maximum atomic E-state index is 13.8. The molecule has 37 heavy (non-hydrogen) atoms. The van der Waals surface area contributed by atoms with Gasteiger partial charge in [-0.3, -0.25) is 4.79 Å². The minimum absolute atomic E-state index is 0.322.